The van der Waals surface area contributed by atoms with Crippen LogP contribution in [-0.4, -0.2) is 11.1 Å². The first-order chi connectivity index (χ1) is 6.54. The highest BCUT2D eigenvalue weighted by molar-refractivity contribution is 9.10. The van der Waals surface area contributed by atoms with E-state index < -0.39 is 5.97 Å². The van der Waals surface area contributed by atoms with Crippen LogP contribution >= 0.6 is 15.9 Å². The maximum absolute atomic E-state index is 10.5. The van der Waals surface area contributed by atoms with Crippen LogP contribution in [0.1, 0.15) is 11.1 Å². The molecule has 0 amide bonds. The fraction of sp³-hybridized carbons (Fsp3) is 0.111. The van der Waals surface area contributed by atoms with Gasteiger partial charge in [0, 0.05) is 4.47 Å². The minimum absolute atomic E-state index is 0.181. The topological polar surface area (TPSA) is 87.1 Å². The lowest BCUT2D eigenvalue weighted by Crippen LogP contribution is -2.05. The van der Waals surface area contributed by atoms with Crippen molar-refractivity contribution in [2.75, 3.05) is 5.73 Å². The quantitative estimate of drug-likeness (QED) is 0.784. The molecular formula is C9H7BrN2O2. The van der Waals surface area contributed by atoms with E-state index in [1.54, 1.807) is 12.1 Å². The molecule has 0 spiro atoms. The number of nitrogen functional groups attached to an aromatic ring is 1. The van der Waals surface area contributed by atoms with Crippen LogP contribution < -0.4 is 5.73 Å². The standard InChI is InChI=1S/C9H7BrN2O2/c10-7-1-5(3-8(13)14)9(12)6(2-7)4-11/h1-2H,3,12H2,(H,13,14). The van der Waals surface area contributed by atoms with Gasteiger partial charge in [-0.2, -0.15) is 5.26 Å². The molecule has 0 aliphatic carbocycles. The van der Waals surface area contributed by atoms with Crippen LogP contribution in [0.15, 0.2) is 16.6 Å². The van der Waals surface area contributed by atoms with Gasteiger partial charge < -0.3 is 10.8 Å². The molecule has 72 valence electrons. The molecule has 1 rings (SSSR count). The lowest BCUT2D eigenvalue weighted by molar-refractivity contribution is -0.136. The van der Waals surface area contributed by atoms with Crippen molar-refractivity contribution in [2.45, 2.75) is 6.42 Å². The number of nitrogens with zero attached hydrogens (tertiary/aromatic N) is 1. The second kappa shape index (κ2) is 4.11. The van der Waals surface area contributed by atoms with Gasteiger partial charge in [-0.05, 0) is 17.7 Å². The molecule has 14 heavy (non-hydrogen) atoms. The van der Waals surface area contributed by atoms with Crippen LogP contribution in [0.2, 0.25) is 0 Å². The average Bonchev–Trinajstić information content (AvgIpc) is 2.09. The lowest BCUT2D eigenvalue weighted by Gasteiger charge is -2.05. The van der Waals surface area contributed by atoms with E-state index in [4.69, 9.17) is 16.1 Å². The molecule has 1 aromatic carbocycles. The van der Waals surface area contributed by atoms with Crippen molar-refractivity contribution in [3.8, 4) is 6.07 Å². The smallest absolute Gasteiger partial charge is 0.307 e. The number of carbonyl (C=O) groups is 1. The normalized spacial score (nSPS) is 9.43. The van der Waals surface area contributed by atoms with Gasteiger partial charge in [0.15, 0.2) is 0 Å². The van der Waals surface area contributed by atoms with Crippen LogP contribution in [0.4, 0.5) is 5.69 Å². The second-order valence-electron chi connectivity index (χ2n) is 2.71. The number of carboxylic acid groups (broad SMARTS) is 1. The molecule has 4 nitrogen and oxygen atoms in total. The van der Waals surface area contributed by atoms with Crippen molar-refractivity contribution in [3.63, 3.8) is 0 Å². The van der Waals surface area contributed by atoms with Crippen molar-refractivity contribution < 1.29 is 9.90 Å². The molecular weight excluding hydrogens is 248 g/mol. The largest absolute Gasteiger partial charge is 0.481 e. The van der Waals surface area contributed by atoms with Gasteiger partial charge in [-0.15, -0.1) is 0 Å². The highest BCUT2D eigenvalue weighted by Crippen LogP contribution is 2.23. The first-order valence-electron chi connectivity index (χ1n) is 3.74. The molecule has 0 aliphatic heterocycles. The zero-order valence-corrected chi connectivity index (χ0v) is 8.71. The first-order valence-corrected chi connectivity index (χ1v) is 4.53. The molecule has 0 unspecified atom stereocenters. The Morgan fingerprint density at radius 2 is 2.29 bits per heavy atom. The van der Waals surface area contributed by atoms with Gasteiger partial charge in [-0.25, -0.2) is 0 Å². The summed E-state index contributed by atoms with van der Waals surface area (Å²) in [5.41, 5.74) is 6.57. The Morgan fingerprint density at radius 3 is 2.79 bits per heavy atom. The lowest BCUT2D eigenvalue weighted by atomic mass is 10.1. The Balaban J connectivity index is 3.23. The maximum Gasteiger partial charge on any atom is 0.307 e. The average molecular weight is 255 g/mol. The Kier molecular flexibility index (Phi) is 3.10. The molecule has 0 aliphatic rings. The molecule has 0 aromatic heterocycles. The van der Waals surface area contributed by atoms with Crippen molar-refractivity contribution in [1.82, 2.24) is 0 Å². The molecule has 5 heteroatoms. The number of nitrogens with two attached hydrogens (primary N) is 1. The Labute approximate surface area is 89.1 Å². The molecule has 0 saturated carbocycles. The third kappa shape index (κ3) is 2.24. The summed E-state index contributed by atoms with van der Waals surface area (Å²) in [6, 6.07) is 5.06. The molecule has 1 aromatic rings. The molecule has 0 fully saturated rings. The van der Waals surface area contributed by atoms with E-state index in [2.05, 4.69) is 15.9 Å². The van der Waals surface area contributed by atoms with Gasteiger partial charge in [0.1, 0.15) is 6.07 Å². The Morgan fingerprint density at radius 1 is 1.64 bits per heavy atom. The van der Waals surface area contributed by atoms with Crippen molar-refractivity contribution in [2.24, 2.45) is 0 Å². The summed E-state index contributed by atoms with van der Waals surface area (Å²) >= 11 is 3.18. The number of hydrogen-bond donors (Lipinski definition) is 2. The van der Waals surface area contributed by atoms with Crippen LogP contribution in [0.3, 0.4) is 0 Å². The van der Waals surface area contributed by atoms with Crippen molar-refractivity contribution in [3.05, 3.63) is 27.7 Å². The minimum atomic E-state index is -0.973. The van der Waals surface area contributed by atoms with E-state index in [0.29, 0.717) is 10.0 Å². The number of rotatable bonds is 2. The highest BCUT2D eigenvalue weighted by atomic mass is 79.9. The van der Waals surface area contributed by atoms with Crippen molar-refractivity contribution in [1.29, 1.82) is 5.26 Å². The Hall–Kier alpha value is -1.54. The predicted molar refractivity (Wildman–Crippen MR) is 54.6 cm³/mol. The number of halogens is 1. The van der Waals surface area contributed by atoms with E-state index in [0.717, 1.165) is 0 Å². The van der Waals surface area contributed by atoms with E-state index in [1.165, 1.54) is 0 Å². The predicted octanol–water partition coefficient (Wildman–Crippen LogP) is 1.53. The molecule has 0 saturated heterocycles. The molecule has 3 N–H and O–H groups in total. The van der Waals surface area contributed by atoms with E-state index in [1.807, 2.05) is 6.07 Å². The Bertz CT molecular complexity index is 424. The van der Waals surface area contributed by atoms with E-state index in [9.17, 15) is 4.79 Å². The summed E-state index contributed by atoms with van der Waals surface area (Å²) < 4.78 is 0.652. The zero-order valence-electron chi connectivity index (χ0n) is 7.12. The SMILES string of the molecule is N#Cc1cc(Br)cc(CC(=O)O)c1N. The monoisotopic (exact) mass is 254 g/mol. The summed E-state index contributed by atoms with van der Waals surface area (Å²) in [6.45, 7) is 0. The molecule has 0 bridgehead atoms. The number of benzene rings is 1. The third-order valence-corrected chi connectivity index (χ3v) is 2.15. The second-order valence-corrected chi connectivity index (χ2v) is 3.62. The zero-order chi connectivity index (χ0) is 10.7. The fourth-order valence-corrected chi connectivity index (χ4v) is 1.58. The van der Waals surface area contributed by atoms with Crippen molar-refractivity contribution >= 4 is 27.6 Å². The highest BCUT2D eigenvalue weighted by Gasteiger charge is 2.09. The van der Waals surface area contributed by atoms with E-state index in [-0.39, 0.29) is 17.7 Å². The number of aliphatic carboxylic acids is 1. The van der Waals surface area contributed by atoms with Crippen LogP contribution in [0.5, 0.6) is 0 Å². The van der Waals surface area contributed by atoms with Gasteiger partial charge in [0.05, 0.1) is 17.7 Å². The molecule has 0 heterocycles. The number of carboxylic acids is 1. The first kappa shape index (κ1) is 10.5. The number of hydrogen-bond acceptors (Lipinski definition) is 3. The molecule has 0 radical (unpaired) electrons. The number of anilines is 1. The van der Waals surface area contributed by atoms with Crippen LogP contribution in [0, 0.1) is 11.3 Å². The van der Waals surface area contributed by atoms with Gasteiger partial charge >= 0.3 is 5.97 Å². The van der Waals surface area contributed by atoms with Gasteiger partial charge in [-0.1, -0.05) is 15.9 Å². The van der Waals surface area contributed by atoms with Crippen LogP contribution in [0.25, 0.3) is 0 Å². The van der Waals surface area contributed by atoms with E-state index >= 15 is 0 Å². The minimum Gasteiger partial charge on any atom is -0.481 e. The fourth-order valence-electron chi connectivity index (χ4n) is 1.08. The van der Waals surface area contributed by atoms with Crippen LogP contribution in [-0.2, 0) is 11.2 Å². The van der Waals surface area contributed by atoms with Gasteiger partial charge in [-0.3, -0.25) is 4.79 Å². The summed E-state index contributed by atoms with van der Waals surface area (Å²) in [7, 11) is 0. The van der Waals surface area contributed by atoms with Gasteiger partial charge in [0.25, 0.3) is 0 Å². The summed E-state index contributed by atoms with van der Waals surface area (Å²) in [5.74, 6) is -0.973. The molecule has 0 atom stereocenters. The third-order valence-electron chi connectivity index (χ3n) is 1.69. The summed E-state index contributed by atoms with van der Waals surface area (Å²) in [4.78, 5) is 10.5. The number of nitriles is 1. The van der Waals surface area contributed by atoms with Gasteiger partial charge in [0.2, 0.25) is 0 Å². The maximum atomic E-state index is 10.5. The summed E-state index contributed by atoms with van der Waals surface area (Å²) in [6.07, 6.45) is -0.181. The summed E-state index contributed by atoms with van der Waals surface area (Å²) in [5, 5.41) is 17.3.